The van der Waals surface area contributed by atoms with Crippen LogP contribution in [0.25, 0.3) is 0 Å². The molecule has 5 nitrogen and oxygen atoms in total. The SMILES string of the molecule is O=C(O)C1=CC(=O)S(=O)C2CCN12. The van der Waals surface area contributed by atoms with E-state index in [9.17, 15) is 13.8 Å². The average molecular weight is 201 g/mol. The average Bonchev–Trinajstić information content (AvgIpc) is 1.98. The van der Waals surface area contributed by atoms with E-state index in [0.717, 1.165) is 6.08 Å². The lowest BCUT2D eigenvalue weighted by atomic mass is 10.2. The molecule has 2 unspecified atom stereocenters. The molecule has 0 bridgehead atoms. The maximum Gasteiger partial charge on any atom is 0.352 e. The third-order valence-electron chi connectivity index (χ3n) is 2.19. The summed E-state index contributed by atoms with van der Waals surface area (Å²) in [4.78, 5) is 23.2. The number of carboxylic acid groups (broad SMARTS) is 1. The number of rotatable bonds is 1. The van der Waals surface area contributed by atoms with Gasteiger partial charge in [-0.2, -0.15) is 0 Å². The fraction of sp³-hybridized carbons (Fsp3) is 0.429. The van der Waals surface area contributed by atoms with E-state index in [1.54, 1.807) is 0 Å². The van der Waals surface area contributed by atoms with Crippen LogP contribution in [0.4, 0.5) is 0 Å². The molecular weight excluding hydrogens is 194 g/mol. The van der Waals surface area contributed by atoms with Crippen LogP contribution in [0.5, 0.6) is 0 Å². The van der Waals surface area contributed by atoms with E-state index in [1.807, 2.05) is 0 Å². The van der Waals surface area contributed by atoms with E-state index in [4.69, 9.17) is 5.11 Å². The summed E-state index contributed by atoms with van der Waals surface area (Å²) in [6, 6.07) is 0. The number of fused-ring (bicyclic) bond motifs is 1. The van der Waals surface area contributed by atoms with E-state index < -0.39 is 27.3 Å². The van der Waals surface area contributed by atoms with E-state index in [2.05, 4.69) is 0 Å². The lowest BCUT2D eigenvalue weighted by Gasteiger charge is -2.43. The molecule has 2 aliphatic heterocycles. The second-order valence-corrected chi connectivity index (χ2v) is 4.43. The highest BCUT2D eigenvalue weighted by atomic mass is 32.2. The van der Waals surface area contributed by atoms with Crippen LogP contribution < -0.4 is 0 Å². The zero-order valence-corrected chi connectivity index (χ0v) is 7.41. The number of hydrogen-bond donors (Lipinski definition) is 1. The minimum Gasteiger partial charge on any atom is -0.477 e. The summed E-state index contributed by atoms with van der Waals surface area (Å²) >= 11 is 0. The van der Waals surface area contributed by atoms with Gasteiger partial charge in [-0.05, 0) is 6.42 Å². The minimum absolute atomic E-state index is 0.0270. The van der Waals surface area contributed by atoms with Gasteiger partial charge in [0.05, 0.1) is 0 Å². The summed E-state index contributed by atoms with van der Waals surface area (Å²) in [5, 5.41) is 7.72. The van der Waals surface area contributed by atoms with Gasteiger partial charge in [0.2, 0.25) is 5.12 Å². The molecule has 0 aromatic rings. The Hall–Kier alpha value is -1.17. The van der Waals surface area contributed by atoms with Crippen molar-refractivity contribution >= 4 is 21.9 Å². The van der Waals surface area contributed by atoms with Gasteiger partial charge in [0, 0.05) is 12.6 Å². The van der Waals surface area contributed by atoms with Gasteiger partial charge in [-0.25, -0.2) is 9.00 Å². The van der Waals surface area contributed by atoms with Gasteiger partial charge in [0.15, 0.2) is 0 Å². The highest BCUT2D eigenvalue weighted by molar-refractivity contribution is 8.01. The summed E-state index contributed by atoms with van der Waals surface area (Å²) in [5.41, 5.74) is -0.0270. The number of carbonyl (C=O) groups is 2. The molecule has 2 rings (SSSR count). The predicted molar refractivity (Wildman–Crippen MR) is 44.0 cm³/mol. The van der Waals surface area contributed by atoms with Gasteiger partial charge in [-0.3, -0.25) is 4.79 Å². The first kappa shape index (κ1) is 8.43. The summed E-state index contributed by atoms with van der Waals surface area (Å²) < 4.78 is 11.2. The second kappa shape index (κ2) is 2.66. The number of aliphatic carboxylic acids is 1. The maximum absolute atomic E-state index is 11.2. The molecule has 13 heavy (non-hydrogen) atoms. The van der Waals surface area contributed by atoms with Crippen LogP contribution in [0.1, 0.15) is 6.42 Å². The first-order valence-electron chi connectivity index (χ1n) is 3.77. The first-order chi connectivity index (χ1) is 6.11. The summed E-state index contributed by atoms with van der Waals surface area (Å²) in [7, 11) is -1.56. The van der Waals surface area contributed by atoms with Crippen molar-refractivity contribution in [1.29, 1.82) is 0 Å². The van der Waals surface area contributed by atoms with Crippen LogP contribution in [0, 0.1) is 0 Å². The van der Waals surface area contributed by atoms with E-state index in [-0.39, 0.29) is 5.70 Å². The Labute approximate surface area is 76.5 Å². The zero-order valence-electron chi connectivity index (χ0n) is 6.60. The fourth-order valence-electron chi connectivity index (χ4n) is 1.43. The van der Waals surface area contributed by atoms with Gasteiger partial charge in [0.25, 0.3) is 0 Å². The lowest BCUT2D eigenvalue weighted by Crippen LogP contribution is -2.54. The monoisotopic (exact) mass is 201 g/mol. The minimum atomic E-state index is -1.56. The summed E-state index contributed by atoms with van der Waals surface area (Å²) in [5.74, 6) is -1.13. The molecule has 0 aromatic heterocycles. The van der Waals surface area contributed by atoms with Crippen LogP contribution in [0.2, 0.25) is 0 Å². The Morgan fingerprint density at radius 3 is 2.85 bits per heavy atom. The molecule has 1 N–H and O–H groups in total. The normalized spacial score (nSPS) is 31.8. The maximum atomic E-state index is 11.2. The molecule has 6 heteroatoms. The lowest BCUT2D eigenvalue weighted by molar-refractivity contribution is -0.135. The largest absolute Gasteiger partial charge is 0.477 e. The second-order valence-electron chi connectivity index (χ2n) is 2.89. The molecule has 0 saturated carbocycles. The zero-order chi connectivity index (χ0) is 9.59. The van der Waals surface area contributed by atoms with Crippen molar-refractivity contribution in [2.45, 2.75) is 11.8 Å². The molecule has 1 fully saturated rings. The van der Waals surface area contributed by atoms with Gasteiger partial charge >= 0.3 is 5.97 Å². The Bertz CT molecular complexity index is 348. The van der Waals surface area contributed by atoms with Gasteiger partial charge < -0.3 is 10.0 Å². The molecule has 2 heterocycles. The van der Waals surface area contributed by atoms with Gasteiger partial charge in [-0.1, -0.05) is 0 Å². The molecule has 1 saturated heterocycles. The van der Waals surface area contributed by atoms with E-state index in [0.29, 0.717) is 13.0 Å². The van der Waals surface area contributed by atoms with E-state index in [1.165, 1.54) is 4.90 Å². The smallest absolute Gasteiger partial charge is 0.352 e. The highest BCUT2D eigenvalue weighted by Gasteiger charge is 2.42. The van der Waals surface area contributed by atoms with Gasteiger partial charge in [-0.15, -0.1) is 0 Å². The quantitative estimate of drug-likeness (QED) is 0.605. The van der Waals surface area contributed by atoms with Crippen molar-refractivity contribution in [2.75, 3.05) is 6.54 Å². The molecule has 0 aliphatic carbocycles. The Morgan fingerprint density at radius 2 is 2.38 bits per heavy atom. The number of nitrogens with zero attached hydrogens (tertiary/aromatic N) is 1. The molecule has 0 spiro atoms. The van der Waals surface area contributed by atoms with E-state index >= 15 is 0 Å². The Kier molecular flexibility index (Phi) is 1.73. The number of carboxylic acids is 1. The third-order valence-corrected chi connectivity index (χ3v) is 3.69. The summed E-state index contributed by atoms with van der Waals surface area (Å²) in [6.45, 7) is 0.571. The van der Waals surface area contributed by atoms with Crippen LogP contribution in [-0.4, -0.2) is 37.2 Å². The van der Waals surface area contributed by atoms with Crippen LogP contribution in [0.15, 0.2) is 11.8 Å². The first-order valence-corrected chi connectivity index (χ1v) is 4.98. The number of hydrogen-bond acceptors (Lipinski definition) is 4. The molecule has 2 aliphatic rings. The van der Waals surface area contributed by atoms with Crippen molar-refractivity contribution in [2.24, 2.45) is 0 Å². The molecule has 0 amide bonds. The third kappa shape index (κ3) is 1.09. The molecule has 0 aromatic carbocycles. The van der Waals surface area contributed by atoms with Gasteiger partial charge in [0.1, 0.15) is 21.9 Å². The topological polar surface area (TPSA) is 74.7 Å². The molecule has 0 radical (unpaired) electrons. The fourth-order valence-corrected chi connectivity index (χ4v) is 2.70. The van der Waals surface area contributed by atoms with Crippen molar-refractivity contribution in [3.05, 3.63) is 11.8 Å². The predicted octanol–water partition coefficient (Wildman–Crippen LogP) is -0.724. The van der Waals surface area contributed by atoms with Crippen LogP contribution in [0.3, 0.4) is 0 Å². The van der Waals surface area contributed by atoms with Crippen LogP contribution in [-0.2, 0) is 20.4 Å². The Balaban J connectivity index is 2.38. The van der Waals surface area contributed by atoms with Crippen molar-refractivity contribution in [1.82, 2.24) is 4.90 Å². The number of carbonyl (C=O) groups excluding carboxylic acids is 1. The van der Waals surface area contributed by atoms with Crippen molar-refractivity contribution in [3.63, 3.8) is 0 Å². The Morgan fingerprint density at radius 1 is 1.69 bits per heavy atom. The van der Waals surface area contributed by atoms with Crippen molar-refractivity contribution in [3.8, 4) is 0 Å². The summed E-state index contributed by atoms with van der Waals surface area (Å²) in [6.07, 6.45) is 1.58. The molecular formula is C7H7NO4S. The highest BCUT2D eigenvalue weighted by Crippen LogP contribution is 2.30. The molecule has 2 atom stereocenters. The van der Waals surface area contributed by atoms with Crippen molar-refractivity contribution < 1.29 is 18.9 Å². The standard InChI is InChI=1S/C7H7NO4S/c9-6-3-4(7(10)11)8-2-1-5(8)13(6)12/h3,5H,1-2H2,(H,10,11). The molecule has 70 valence electrons. The van der Waals surface area contributed by atoms with Crippen LogP contribution >= 0.6 is 0 Å².